The molecule has 0 nitrogen and oxygen atoms in total. The Labute approximate surface area is 181 Å². The summed E-state index contributed by atoms with van der Waals surface area (Å²) in [5.41, 5.74) is 12.8. The minimum absolute atomic E-state index is 0.782. The van der Waals surface area contributed by atoms with Crippen molar-refractivity contribution in [3.05, 3.63) is 105 Å². The van der Waals surface area contributed by atoms with Gasteiger partial charge < -0.3 is 0 Å². The Morgan fingerprint density at radius 1 is 0.517 bits per heavy atom. The molecule has 0 aromatic heterocycles. The van der Waals surface area contributed by atoms with Gasteiger partial charge in [0.15, 0.2) is 0 Å². The predicted octanol–water partition coefficient (Wildman–Crippen LogP) is 8.52. The Kier molecular flexibility index (Phi) is 4.50. The van der Waals surface area contributed by atoms with Crippen LogP contribution in [0.3, 0.4) is 0 Å². The minimum atomic E-state index is 0.782. The molecule has 4 aromatic rings. The van der Waals surface area contributed by atoms with Crippen LogP contribution in [0.25, 0.3) is 33.4 Å². The molecule has 0 amide bonds. The third-order valence-corrected chi connectivity index (χ3v) is 6.35. The standard InChI is InChI=1S/C27H20Cl2/c1-16-11-22(28)5-9-24(16)18-3-7-26-20(13-18)15-21-14-19(4-8-27(21)26)25-10-6-23(29)12-17(25)2/h3-14H,15H2,1-2H3. The van der Waals surface area contributed by atoms with Crippen molar-refractivity contribution >= 4 is 23.2 Å². The van der Waals surface area contributed by atoms with E-state index in [1.54, 1.807) is 0 Å². The van der Waals surface area contributed by atoms with Gasteiger partial charge >= 0.3 is 0 Å². The van der Waals surface area contributed by atoms with Gasteiger partial charge in [0, 0.05) is 10.0 Å². The van der Waals surface area contributed by atoms with Crippen LogP contribution in [0.5, 0.6) is 0 Å². The molecule has 0 radical (unpaired) electrons. The minimum Gasteiger partial charge on any atom is -0.0843 e. The fourth-order valence-corrected chi connectivity index (χ4v) is 4.90. The van der Waals surface area contributed by atoms with Gasteiger partial charge in [0.1, 0.15) is 0 Å². The van der Waals surface area contributed by atoms with E-state index in [4.69, 9.17) is 23.2 Å². The first-order chi connectivity index (χ1) is 14.0. The van der Waals surface area contributed by atoms with Crippen LogP contribution in [0.4, 0.5) is 0 Å². The lowest BCUT2D eigenvalue weighted by molar-refractivity contribution is 1.26. The van der Waals surface area contributed by atoms with E-state index >= 15 is 0 Å². The highest BCUT2D eigenvalue weighted by atomic mass is 35.5. The molecule has 1 aliphatic carbocycles. The molecule has 5 rings (SSSR count). The Bertz CT molecular complexity index is 1170. The normalized spacial score (nSPS) is 12.0. The molecule has 0 N–H and O–H groups in total. The Hall–Kier alpha value is -2.54. The first-order valence-electron chi connectivity index (χ1n) is 9.79. The molecule has 0 spiro atoms. The maximum atomic E-state index is 6.14. The van der Waals surface area contributed by atoms with Crippen molar-refractivity contribution in [1.29, 1.82) is 0 Å². The van der Waals surface area contributed by atoms with Gasteiger partial charge in [-0.1, -0.05) is 71.7 Å². The molecular formula is C27H20Cl2. The average molecular weight is 415 g/mol. The van der Waals surface area contributed by atoms with Crippen molar-refractivity contribution < 1.29 is 0 Å². The monoisotopic (exact) mass is 414 g/mol. The molecule has 0 saturated carbocycles. The third kappa shape index (κ3) is 3.27. The van der Waals surface area contributed by atoms with E-state index in [-0.39, 0.29) is 0 Å². The molecule has 0 fully saturated rings. The smallest absolute Gasteiger partial charge is 0.0409 e. The molecule has 29 heavy (non-hydrogen) atoms. The van der Waals surface area contributed by atoms with E-state index in [2.05, 4.69) is 62.4 Å². The molecule has 0 heterocycles. The van der Waals surface area contributed by atoms with Crippen LogP contribution in [-0.4, -0.2) is 0 Å². The number of hydrogen-bond donors (Lipinski definition) is 0. The topological polar surface area (TPSA) is 0 Å². The maximum absolute atomic E-state index is 6.14. The van der Waals surface area contributed by atoms with Gasteiger partial charge in [-0.15, -0.1) is 0 Å². The zero-order chi connectivity index (χ0) is 20.1. The van der Waals surface area contributed by atoms with Gasteiger partial charge in [-0.05, 0) is 100 Å². The summed E-state index contributed by atoms with van der Waals surface area (Å²) in [5.74, 6) is 0. The van der Waals surface area contributed by atoms with Crippen molar-refractivity contribution in [2.45, 2.75) is 20.3 Å². The van der Waals surface area contributed by atoms with Crippen molar-refractivity contribution in [1.82, 2.24) is 0 Å². The molecule has 0 unspecified atom stereocenters. The summed E-state index contributed by atoms with van der Waals surface area (Å²) in [7, 11) is 0. The van der Waals surface area contributed by atoms with Gasteiger partial charge in [0.2, 0.25) is 0 Å². The summed E-state index contributed by atoms with van der Waals surface area (Å²) in [5, 5.41) is 1.56. The number of aryl methyl sites for hydroxylation is 2. The van der Waals surface area contributed by atoms with Crippen LogP contribution >= 0.6 is 23.2 Å². The predicted molar refractivity (Wildman–Crippen MR) is 125 cm³/mol. The number of halogens is 2. The summed E-state index contributed by atoms with van der Waals surface area (Å²) in [4.78, 5) is 0. The van der Waals surface area contributed by atoms with E-state index in [9.17, 15) is 0 Å². The molecule has 0 atom stereocenters. The van der Waals surface area contributed by atoms with Crippen molar-refractivity contribution in [3.8, 4) is 33.4 Å². The van der Waals surface area contributed by atoms with E-state index in [1.165, 1.54) is 55.6 Å². The van der Waals surface area contributed by atoms with E-state index in [1.807, 2.05) is 24.3 Å². The molecule has 0 saturated heterocycles. The fourth-order valence-electron chi connectivity index (χ4n) is 4.45. The van der Waals surface area contributed by atoms with E-state index in [0.717, 1.165) is 16.5 Å². The van der Waals surface area contributed by atoms with Crippen LogP contribution < -0.4 is 0 Å². The first-order valence-corrected chi connectivity index (χ1v) is 10.5. The second-order valence-corrected chi connectivity index (χ2v) is 8.71. The Morgan fingerprint density at radius 3 is 1.34 bits per heavy atom. The zero-order valence-corrected chi connectivity index (χ0v) is 17.9. The average Bonchev–Trinajstić information content (AvgIpc) is 3.04. The van der Waals surface area contributed by atoms with Crippen LogP contribution in [-0.2, 0) is 6.42 Å². The fraction of sp³-hybridized carbons (Fsp3) is 0.111. The summed E-state index contributed by atoms with van der Waals surface area (Å²) in [6, 6.07) is 25.8. The van der Waals surface area contributed by atoms with Gasteiger partial charge in [0.05, 0.1) is 0 Å². The lowest BCUT2D eigenvalue weighted by atomic mass is 9.95. The summed E-state index contributed by atoms with van der Waals surface area (Å²) >= 11 is 12.3. The van der Waals surface area contributed by atoms with Crippen LogP contribution in [0.1, 0.15) is 22.3 Å². The third-order valence-electron chi connectivity index (χ3n) is 5.88. The molecule has 0 aliphatic heterocycles. The largest absolute Gasteiger partial charge is 0.0843 e. The summed E-state index contributed by atoms with van der Waals surface area (Å²) in [6.45, 7) is 4.23. The molecule has 1 aliphatic rings. The number of rotatable bonds is 2. The molecule has 4 aromatic carbocycles. The second-order valence-electron chi connectivity index (χ2n) is 7.84. The highest BCUT2D eigenvalue weighted by Gasteiger charge is 2.20. The van der Waals surface area contributed by atoms with Crippen LogP contribution in [0.15, 0.2) is 72.8 Å². The number of hydrogen-bond acceptors (Lipinski definition) is 0. The van der Waals surface area contributed by atoms with Gasteiger partial charge in [0.25, 0.3) is 0 Å². The molecule has 142 valence electrons. The molecular weight excluding hydrogens is 395 g/mol. The Morgan fingerprint density at radius 2 is 0.931 bits per heavy atom. The maximum Gasteiger partial charge on any atom is 0.0409 e. The van der Waals surface area contributed by atoms with Gasteiger partial charge in [-0.25, -0.2) is 0 Å². The zero-order valence-electron chi connectivity index (χ0n) is 16.4. The highest BCUT2D eigenvalue weighted by Crippen LogP contribution is 2.41. The van der Waals surface area contributed by atoms with Crippen molar-refractivity contribution in [2.24, 2.45) is 0 Å². The van der Waals surface area contributed by atoms with Crippen LogP contribution in [0, 0.1) is 13.8 Å². The number of fused-ring (bicyclic) bond motifs is 3. The highest BCUT2D eigenvalue weighted by molar-refractivity contribution is 6.31. The first kappa shape index (κ1) is 18.5. The van der Waals surface area contributed by atoms with Crippen molar-refractivity contribution in [2.75, 3.05) is 0 Å². The summed E-state index contributed by atoms with van der Waals surface area (Å²) < 4.78 is 0. The molecule has 0 bridgehead atoms. The van der Waals surface area contributed by atoms with Gasteiger partial charge in [-0.3, -0.25) is 0 Å². The van der Waals surface area contributed by atoms with Crippen LogP contribution in [0.2, 0.25) is 10.0 Å². The second kappa shape index (κ2) is 7.06. The van der Waals surface area contributed by atoms with E-state index < -0.39 is 0 Å². The van der Waals surface area contributed by atoms with Gasteiger partial charge in [-0.2, -0.15) is 0 Å². The Balaban J connectivity index is 1.54. The van der Waals surface area contributed by atoms with Crippen molar-refractivity contribution in [3.63, 3.8) is 0 Å². The lowest BCUT2D eigenvalue weighted by Gasteiger charge is -2.10. The number of benzene rings is 4. The molecule has 2 heteroatoms. The SMILES string of the molecule is Cc1cc(Cl)ccc1-c1ccc2c(c1)Cc1cc(-c3ccc(Cl)cc3C)ccc1-2. The quantitative estimate of drug-likeness (QED) is 0.271. The summed E-state index contributed by atoms with van der Waals surface area (Å²) in [6.07, 6.45) is 0.964. The lowest BCUT2D eigenvalue weighted by Crippen LogP contribution is -1.87. The van der Waals surface area contributed by atoms with E-state index in [0.29, 0.717) is 0 Å².